The van der Waals surface area contributed by atoms with Crippen molar-refractivity contribution in [1.82, 2.24) is 5.32 Å². The van der Waals surface area contributed by atoms with Gasteiger partial charge in [0.15, 0.2) is 0 Å². The molecule has 138 valence electrons. The Morgan fingerprint density at radius 3 is 2.65 bits per heavy atom. The van der Waals surface area contributed by atoms with Gasteiger partial charge in [-0.15, -0.1) is 0 Å². The zero-order chi connectivity index (χ0) is 18.7. The lowest BCUT2D eigenvalue weighted by molar-refractivity contribution is 0.102. The molecule has 2 aromatic rings. The Balaban J connectivity index is 1.75. The number of nitrogens with one attached hydrogen (secondary N) is 2. The summed E-state index contributed by atoms with van der Waals surface area (Å²) in [6.07, 6.45) is 0.989. The molecular formula is C21H27N3O2. The average molecular weight is 353 g/mol. The van der Waals surface area contributed by atoms with Crippen LogP contribution in [-0.2, 0) is 13.0 Å². The molecule has 3 rings (SSSR count). The molecule has 26 heavy (non-hydrogen) atoms. The summed E-state index contributed by atoms with van der Waals surface area (Å²) in [6, 6.07) is 9.81. The molecule has 1 heterocycles. The third kappa shape index (κ3) is 4.23. The van der Waals surface area contributed by atoms with E-state index >= 15 is 0 Å². The minimum absolute atomic E-state index is 0.0315. The normalized spacial score (nSPS) is 14.5. The highest BCUT2D eigenvalue weighted by Gasteiger charge is 2.14. The molecule has 5 nitrogen and oxygen atoms in total. The first-order chi connectivity index (χ1) is 12.4. The lowest BCUT2D eigenvalue weighted by Crippen LogP contribution is -2.24. The molecule has 1 aliphatic rings. The van der Waals surface area contributed by atoms with Crippen molar-refractivity contribution in [3.05, 3.63) is 58.1 Å². The van der Waals surface area contributed by atoms with Crippen LogP contribution in [0.1, 0.15) is 39.5 Å². The van der Waals surface area contributed by atoms with E-state index in [-0.39, 0.29) is 11.9 Å². The molecule has 0 spiro atoms. The van der Waals surface area contributed by atoms with Crippen LogP contribution in [0.3, 0.4) is 0 Å². The predicted octanol–water partition coefficient (Wildman–Crippen LogP) is 2.93. The van der Waals surface area contributed by atoms with Crippen molar-refractivity contribution in [2.45, 2.75) is 39.8 Å². The zero-order valence-electron chi connectivity index (χ0n) is 15.7. The van der Waals surface area contributed by atoms with Crippen molar-refractivity contribution in [3.8, 4) is 5.75 Å². The van der Waals surface area contributed by atoms with E-state index in [1.54, 1.807) is 0 Å². The van der Waals surface area contributed by atoms with E-state index in [4.69, 9.17) is 10.5 Å². The van der Waals surface area contributed by atoms with Crippen LogP contribution in [0.5, 0.6) is 5.75 Å². The molecule has 1 amide bonds. The number of aryl methyl sites for hydroxylation is 2. The fourth-order valence-electron chi connectivity index (χ4n) is 3.28. The van der Waals surface area contributed by atoms with Gasteiger partial charge < -0.3 is 21.1 Å². The summed E-state index contributed by atoms with van der Waals surface area (Å²) in [4.78, 5) is 12.7. The Bertz CT molecular complexity index is 792. The Kier molecular flexibility index (Phi) is 5.59. The monoisotopic (exact) mass is 353 g/mol. The van der Waals surface area contributed by atoms with Gasteiger partial charge in [0.1, 0.15) is 12.4 Å². The summed E-state index contributed by atoms with van der Waals surface area (Å²) >= 11 is 0. The molecule has 0 fully saturated rings. The van der Waals surface area contributed by atoms with Crippen LogP contribution in [0.25, 0.3) is 0 Å². The van der Waals surface area contributed by atoms with Gasteiger partial charge in [-0.05, 0) is 80.3 Å². The van der Waals surface area contributed by atoms with Gasteiger partial charge in [0.05, 0.1) is 0 Å². The van der Waals surface area contributed by atoms with Crippen molar-refractivity contribution >= 4 is 11.6 Å². The Hall–Kier alpha value is -2.37. The quantitative estimate of drug-likeness (QED) is 0.772. The summed E-state index contributed by atoms with van der Waals surface area (Å²) in [5.74, 6) is 0.698. The second-order valence-corrected chi connectivity index (χ2v) is 7.09. The number of rotatable bonds is 5. The van der Waals surface area contributed by atoms with Crippen LogP contribution in [-0.4, -0.2) is 25.1 Å². The molecule has 4 N–H and O–H groups in total. The van der Waals surface area contributed by atoms with Gasteiger partial charge in [-0.1, -0.05) is 6.07 Å². The molecule has 0 aliphatic carbocycles. The van der Waals surface area contributed by atoms with Crippen LogP contribution in [0, 0.1) is 13.8 Å². The van der Waals surface area contributed by atoms with Crippen molar-refractivity contribution in [1.29, 1.82) is 0 Å². The summed E-state index contributed by atoms with van der Waals surface area (Å²) in [5.41, 5.74) is 11.7. The molecule has 1 aliphatic heterocycles. The number of hydrogen-bond donors (Lipinski definition) is 3. The van der Waals surface area contributed by atoms with Crippen molar-refractivity contribution in [3.63, 3.8) is 0 Å². The zero-order valence-corrected chi connectivity index (χ0v) is 15.7. The number of fused-ring (bicyclic) bond motifs is 1. The van der Waals surface area contributed by atoms with Gasteiger partial charge in [0.2, 0.25) is 0 Å². The lowest BCUT2D eigenvalue weighted by Gasteiger charge is -2.18. The van der Waals surface area contributed by atoms with Crippen molar-refractivity contribution < 1.29 is 9.53 Å². The van der Waals surface area contributed by atoms with E-state index in [2.05, 4.69) is 22.8 Å². The second-order valence-electron chi connectivity index (χ2n) is 7.09. The smallest absolute Gasteiger partial charge is 0.255 e. The summed E-state index contributed by atoms with van der Waals surface area (Å²) < 4.78 is 5.78. The number of hydrogen-bond acceptors (Lipinski definition) is 4. The number of anilines is 1. The molecule has 2 aromatic carbocycles. The molecule has 0 aromatic heterocycles. The molecule has 5 heteroatoms. The fourth-order valence-corrected chi connectivity index (χ4v) is 3.28. The molecule has 0 bridgehead atoms. The first kappa shape index (κ1) is 18.4. The number of amides is 1. The van der Waals surface area contributed by atoms with E-state index < -0.39 is 0 Å². The van der Waals surface area contributed by atoms with Gasteiger partial charge >= 0.3 is 0 Å². The minimum atomic E-state index is -0.108. The minimum Gasteiger partial charge on any atom is -0.491 e. The van der Waals surface area contributed by atoms with E-state index in [1.165, 1.54) is 11.1 Å². The van der Waals surface area contributed by atoms with Crippen LogP contribution < -0.4 is 21.1 Å². The molecule has 0 saturated carbocycles. The van der Waals surface area contributed by atoms with Gasteiger partial charge in [-0.25, -0.2) is 0 Å². The second kappa shape index (κ2) is 7.89. The molecule has 1 atom stereocenters. The van der Waals surface area contributed by atoms with Gasteiger partial charge in [-0.2, -0.15) is 0 Å². The van der Waals surface area contributed by atoms with Crippen LogP contribution >= 0.6 is 0 Å². The van der Waals surface area contributed by atoms with Crippen LogP contribution in [0.4, 0.5) is 5.69 Å². The highest BCUT2D eigenvalue weighted by atomic mass is 16.5. The van der Waals surface area contributed by atoms with Crippen LogP contribution in [0.2, 0.25) is 0 Å². The maximum atomic E-state index is 12.7. The van der Waals surface area contributed by atoms with Crippen molar-refractivity contribution in [2.75, 3.05) is 18.5 Å². The van der Waals surface area contributed by atoms with E-state index in [0.717, 1.165) is 42.1 Å². The number of ether oxygens (including phenoxy) is 1. The average Bonchev–Trinajstić information content (AvgIpc) is 2.60. The summed E-state index contributed by atoms with van der Waals surface area (Å²) in [7, 11) is 0. The first-order valence-electron chi connectivity index (χ1n) is 9.07. The molecular weight excluding hydrogens is 326 g/mol. The molecule has 0 saturated heterocycles. The highest BCUT2D eigenvalue weighted by molar-refractivity contribution is 6.04. The SMILES string of the molecule is Cc1cc(C(=O)Nc2ccc3c(c2)CCNC3)cc(C)c1OC[C@@H](C)N. The fraction of sp³-hybridized carbons (Fsp3) is 0.381. The molecule has 0 radical (unpaired) electrons. The first-order valence-corrected chi connectivity index (χ1v) is 9.07. The van der Waals surface area contributed by atoms with E-state index in [9.17, 15) is 4.79 Å². The standard InChI is InChI=1S/C21H27N3O2/c1-13-8-18(9-14(2)20(13)26-12-15(3)22)21(25)24-19-5-4-17-11-23-7-6-16(17)10-19/h4-5,8-10,15,23H,6-7,11-12,22H2,1-3H3,(H,24,25)/t15-/m1/s1. The van der Waals surface area contributed by atoms with Crippen LogP contribution in [0.15, 0.2) is 30.3 Å². The van der Waals surface area contributed by atoms with Gasteiger partial charge in [0.25, 0.3) is 5.91 Å². The third-order valence-electron chi connectivity index (χ3n) is 4.56. The predicted molar refractivity (Wildman–Crippen MR) is 105 cm³/mol. The Morgan fingerprint density at radius 2 is 1.96 bits per heavy atom. The van der Waals surface area contributed by atoms with Crippen molar-refractivity contribution in [2.24, 2.45) is 5.73 Å². The van der Waals surface area contributed by atoms with E-state index in [0.29, 0.717) is 12.2 Å². The number of benzene rings is 2. The Labute approximate surface area is 154 Å². The van der Waals surface area contributed by atoms with E-state index in [1.807, 2.05) is 39.0 Å². The third-order valence-corrected chi connectivity index (χ3v) is 4.56. The Morgan fingerprint density at radius 1 is 1.23 bits per heavy atom. The van der Waals surface area contributed by atoms with Gasteiger partial charge in [-0.3, -0.25) is 4.79 Å². The summed E-state index contributed by atoms with van der Waals surface area (Å²) in [6.45, 7) is 8.13. The van der Waals surface area contributed by atoms with Gasteiger partial charge in [0, 0.05) is 23.8 Å². The molecule has 0 unspecified atom stereocenters. The number of nitrogens with two attached hydrogens (primary N) is 1. The number of carbonyl (C=O) groups is 1. The highest BCUT2D eigenvalue weighted by Crippen LogP contribution is 2.26. The largest absolute Gasteiger partial charge is 0.491 e. The summed E-state index contributed by atoms with van der Waals surface area (Å²) in [5, 5.41) is 6.37. The maximum absolute atomic E-state index is 12.7. The topological polar surface area (TPSA) is 76.4 Å². The lowest BCUT2D eigenvalue weighted by atomic mass is 10.00. The maximum Gasteiger partial charge on any atom is 0.255 e. The number of carbonyl (C=O) groups excluding carboxylic acids is 1.